The number of aryl methyl sites for hydroxylation is 1. The molecule has 7 atom stereocenters. The van der Waals surface area contributed by atoms with E-state index in [4.69, 9.17) is 4.74 Å². The second-order valence-corrected chi connectivity index (χ2v) is 8.45. The van der Waals surface area contributed by atoms with Gasteiger partial charge >= 0.3 is 0 Å². The monoisotopic (exact) mass is 298 g/mol. The first-order valence-electron chi connectivity index (χ1n) is 8.98. The van der Waals surface area contributed by atoms with Crippen molar-refractivity contribution in [3.63, 3.8) is 0 Å². The van der Waals surface area contributed by atoms with E-state index in [9.17, 15) is 5.11 Å². The van der Waals surface area contributed by atoms with Gasteiger partial charge in [-0.25, -0.2) is 0 Å². The molecule has 2 heteroatoms. The number of methoxy groups -OCH3 is 1. The summed E-state index contributed by atoms with van der Waals surface area (Å²) in [4.78, 5) is 0. The molecule has 0 aliphatic heterocycles. The summed E-state index contributed by atoms with van der Waals surface area (Å²) in [5, 5.41) is 10.7. The van der Waals surface area contributed by atoms with Crippen LogP contribution in [0.25, 0.3) is 0 Å². The lowest BCUT2D eigenvalue weighted by molar-refractivity contribution is -0.0464. The Labute approximate surface area is 132 Å². The molecule has 1 aromatic rings. The van der Waals surface area contributed by atoms with E-state index in [1.54, 1.807) is 12.7 Å². The summed E-state index contributed by atoms with van der Waals surface area (Å²) < 4.78 is 5.41. The molecule has 0 saturated heterocycles. The lowest BCUT2D eigenvalue weighted by atomic mass is 9.54. The van der Waals surface area contributed by atoms with Crippen LogP contribution >= 0.6 is 0 Å². The Morgan fingerprint density at radius 3 is 2.86 bits per heavy atom. The molecule has 0 amide bonds. The summed E-state index contributed by atoms with van der Waals surface area (Å²) in [5.74, 6) is 4.74. The topological polar surface area (TPSA) is 29.5 Å². The van der Waals surface area contributed by atoms with Crippen LogP contribution in [0.3, 0.4) is 0 Å². The van der Waals surface area contributed by atoms with E-state index < -0.39 is 0 Å². The fraction of sp³-hybridized carbons (Fsp3) is 0.700. The molecule has 1 N–H and O–H groups in total. The van der Waals surface area contributed by atoms with Crippen molar-refractivity contribution in [2.24, 2.45) is 29.1 Å². The maximum Gasteiger partial charge on any atom is 0.119 e. The Kier molecular flexibility index (Phi) is 2.61. The van der Waals surface area contributed by atoms with Crippen molar-refractivity contribution in [3.05, 3.63) is 29.3 Å². The molecule has 3 saturated carbocycles. The zero-order valence-corrected chi connectivity index (χ0v) is 13.6. The average molecular weight is 298 g/mol. The van der Waals surface area contributed by atoms with Crippen molar-refractivity contribution in [2.45, 2.75) is 51.0 Å². The maximum absolute atomic E-state index is 10.7. The Morgan fingerprint density at radius 2 is 2.05 bits per heavy atom. The van der Waals surface area contributed by atoms with Gasteiger partial charge < -0.3 is 9.84 Å². The van der Waals surface area contributed by atoms with Gasteiger partial charge in [0.05, 0.1) is 13.2 Å². The quantitative estimate of drug-likeness (QED) is 0.855. The maximum atomic E-state index is 10.7. The van der Waals surface area contributed by atoms with E-state index in [1.807, 2.05) is 0 Å². The van der Waals surface area contributed by atoms with Gasteiger partial charge in [0.1, 0.15) is 5.75 Å². The highest BCUT2D eigenvalue weighted by molar-refractivity contribution is 5.41. The van der Waals surface area contributed by atoms with E-state index in [0.29, 0.717) is 5.92 Å². The van der Waals surface area contributed by atoms with Crippen LogP contribution in [0.15, 0.2) is 18.2 Å². The Hall–Kier alpha value is -1.02. The van der Waals surface area contributed by atoms with Crippen LogP contribution in [0.1, 0.15) is 49.7 Å². The minimum Gasteiger partial charge on any atom is -0.497 e. The van der Waals surface area contributed by atoms with Crippen LogP contribution in [0.4, 0.5) is 0 Å². The van der Waals surface area contributed by atoms with Crippen molar-refractivity contribution >= 4 is 0 Å². The summed E-state index contributed by atoms with van der Waals surface area (Å²) in [5.41, 5.74) is 3.30. The van der Waals surface area contributed by atoms with Crippen molar-refractivity contribution in [2.75, 3.05) is 7.11 Å². The van der Waals surface area contributed by atoms with Gasteiger partial charge in [-0.3, -0.25) is 0 Å². The Bertz CT molecular complexity index is 624. The zero-order chi connectivity index (χ0) is 15.1. The van der Waals surface area contributed by atoms with Crippen LogP contribution in [-0.2, 0) is 6.42 Å². The van der Waals surface area contributed by atoms with Crippen molar-refractivity contribution in [1.29, 1.82) is 0 Å². The van der Waals surface area contributed by atoms with Gasteiger partial charge in [-0.2, -0.15) is 0 Å². The molecule has 0 spiro atoms. The van der Waals surface area contributed by atoms with Crippen LogP contribution in [0, 0.1) is 29.1 Å². The van der Waals surface area contributed by atoms with E-state index in [-0.39, 0.29) is 11.5 Å². The summed E-state index contributed by atoms with van der Waals surface area (Å²) in [6.45, 7) is 2.38. The first-order chi connectivity index (χ1) is 10.6. The molecule has 0 heterocycles. The third kappa shape index (κ3) is 1.55. The molecule has 2 nitrogen and oxygen atoms in total. The number of ether oxygens (including phenoxy) is 1. The number of fused-ring (bicyclic) bond motifs is 7. The largest absolute Gasteiger partial charge is 0.497 e. The summed E-state index contributed by atoms with van der Waals surface area (Å²) in [7, 11) is 1.76. The van der Waals surface area contributed by atoms with Gasteiger partial charge in [0.2, 0.25) is 0 Å². The van der Waals surface area contributed by atoms with Gasteiger partial charge in [0.25, 0.3) is 0 Å². The molecule has 4 aliphatic carbocycles. The van der Waals surface area contributed by atoms with Gasteiger partial charge in [0.15, 0.2) is 0 Å². The van der Waals surface area contributed by atoms with Gasteiger partial charge in [0, 0.05) is 0 Å². The fourth-order valence-electron chi connectivity index (χ4n) is 6.62. The Balaban J connectivity index is 1.53. The molecule has 0 aromatic heterocycles. The molecule has 4 aliphatic rings. The van der Waals surface area contributed by atoms with E-state index >= 15 is 0 Å². The van der Waals surface area contributed by atoms with Gasteiger partial charge in [-0.15, -0.1) is 0 Å². The number of hydrogen-bond donors (Lipinski definition) is 1. The minimum absolute atomic E-state index is 0.0271. The molecule has 0 bridgehead atoms. The van der Waals surface area contributed by atoms with Crippen LogP contribution in [0.2, 0.25) is 0 Å². The fourth-order valence-corrected chi connectivity index (χ4v) is 6.62. The normalized spacial score (nSPS) is 48.0. The van der Waals surface area contributed by atoms with Crippen LogP contribution in [-0.4, -0.2) is 18.3 Å². The zero-order valence-electron chi connectivity index (χ0n) is 13.6. The van der Waals surface area contributed by atoms with Crippen molar-refractivity contribution in [1.82, 2.24) is 0 Å². The SMILES string of the molecule is COc1ccc2c(c1)CCC1C2CC[C@]2(C)C(O)C3CC3C12. The number of benzene rings is 1. The highest BCUT2D eigenvalue weighted by atomic mass is 16.5. The van der Waals surface area contributed by atoms with E-state index in [2.05, 4.69) is 25.1 Å². The third-order valence-corrected chi connectivity index (χ3v) is 7.66. The molecule has 22 heavy (non-hydrogen) atoms. The number of hydrogen-bond acceptors (Lipinski definition) is 2. The van der Waals surface area contributed by atoms with E-state index in [1.165, 1.54) is 37.7 Å². The molecule has 0 radical (unpaired) electrons. The molecule has 6 unspecified atom stereocenters. The number of aliphatic hydroxyl groups is 1. The standard InChI is InChI=1S/C20H26O2/c1-20-8-7-14-13-6-4-12(22-2)9-11(13)3-5-15(14)18(20)16-10-17(16)19(20)21/h4,6,9,14-19,21H,3,5,7-8,10H2,1-2H3/t14?,15?,16?,17?,18?,19?,20-/m0/s1. The average Bonchev–Trinajstić information content (AvgIpc) is 3.28. The van der Waals surface area contributed by atoms with E-state index in [0.717, 1.165) is 29.4 Å². The van der Waals surface area contributed by atoms with Crippen LogP contribution < -0.4 is 4.74 Å². The van der Waals surface area contributed by atoms with Gasteiger partial charge in [-0.1, -0.05) is 13.0 Å². The second-order valence-electron chi connectivity index (χ2n) is 8.45. The Morgan fingerprint density at radius 1 is 1.18 bits per heavy atom. The lowest BCUT2D eigenvalue weighted by Gasteiger charge is -2.51. The second kappa shape index (κ2) is 4.29. The van der Waals surface area contributed by atoms with Crippen molar-refractivity contribution < 1.29 is 9.84 Å². The highest BCUT2D eigenvalue weighted by Crippen LogP contribution is 2.71. The first-order valence-corrected chi connectivity index (χ1v) is 8.98. The predicted octanol–water partition coefficient (Wildman–Crippen LogP) is 3.77. The molecule has 3 fully saturated rings. The summed E-state index contributed by atoms with van der Waals surface area (Å²) in [6, 6.07) is 6.71. The third-order valence-electron chi connectivity index (χ3n) is 7.66. The molecule has 5 rings (SSSR count). The molecular weight excluding hydrogens is 272 g/mol. The minimum atomic E-state index is -0.0271. The first kappa shape index (κ1) is 13.4. The molecular formula is C20H26O2. The smallest absolute Gasteiger partial charge is 0.119 e. The predicted molar refractivity (Wildman–Crippen MR) is 86.0 cm³/mol. The lowest BCUT2D eigenvalue weighted by Crippen LogP contribution is -2.46. The molecule has 1 aromatic carbocycles. The van der Waals surface area contributed by atoms with Gasteiger partial charge in [-0.05, 0) is 90.4 Å². The summed E-state index contributed by atoms with van der Waals surface area (Å²) in [6.07, 6.45) is 6.22. The van der Waals surface area contributed by atoms with Crippen LogP contribution in [0.5, 0.6) is 5.75 Å². The summed E-state index contributed by atoms with van der Waals surface area (Å²) >= 11 is 0. The number of aliphatic hydroxyl groups excluding tert-OH is 1. The number of rotatable bonds is 1. The molecule has 118 valence electrons. The van der Waals surface area contributed by atoms with Crippen molar-refractivity contribution in [3.8, 4) is 5.75 Å². The highest BCUT2D eigenvalue weighted by Gasteiger charge is 2.68.